The van der Waals surface area contributed by atoms with Crippen LogP contribution in [0.15, 0.2) is 16.6 Å². The Labute approximate surface area is 131 Å². The molecule has 1 unspecified atom stereocenters. The summed E-state index contributed by atoms with van der Waals surface area (Å²) in [5.74, 6) is 0.502. The second kappa shape index (κ2) is 5.50. The lowest BCUT2D eigenvalue weighted by atomic mass is 10.1. The minimum absolute atomic E-state index is 0.137. The molecule has 1 saturated carbocycles. The molecule has 1 aliphatic carbocycles. The van der Waals surface area contributed by atoms with Gasteiger partial charge in [0.2, 0.25) is 0 Å². The lowest BCUT2D eigenvalue weighted by Crippen LogP contribution is -2.17. The van der Waals surface area contributed by atoms with Gasteiger partial charge in [-0.3, -0.25) is 0 Å². The summed E-state index contributed by atoms with van der Waals surface area (Å²) in [5.41, 5.74) is 0.563. The molecule has 0 aromatic heterocycles. The van der Waals surface area contributed by atoms with E-state index in [0.717, 1.165) is 12.8 Å². The van der Waals surface area contributed by atoms with Gasteiger partial charge in [0.25, 0.3) is 0 Å². The zero-order valence-electron chi connectivity index (χ0n) is 11.7. The summed E-state index contributed by atoms with van der Waals surface area (Å²) < 4.78 is 17.1. The molecule has 0 amide bonds. The monoisotopic (exact) mass is 356 g/mol. The van der Waals surface area contributed by atoms with E-state index in [1.807, 2.05) is 0 Å². The first-order valence-electron chi connectivity index (χ1n) is 6.98. The molecule has 5 nitrogen and oxygen atoms in total. The Morgan fingerprint density at radius 3 is 2.81 bits per heavy atom. The molecule has 114 valence electrons. The highest BCUT2D eigenvalue weighted by Crippen LogP contribution is 2.50. The first-order chi connectivity index (χ1) is 10.0. The smallest absolute Gasteiger partial charge is 0.339 e. The summed E-state index contributed by atoms with van der Waals surface area (Å²) in [4.78, 5) is 11.6. The molecule has 1 atom stereocenters. The van der Waals surface area contributed by atoms with Gasteiger partial charge in [-0.1, -0.05) is 0 Å². The maximum Gasteiger partial charge on any atom is 0.339 e. The maximum atomic E-state index is 11.6. The number of carbonyl (C=O) groups is 1. The quantitative estimate of drug-likeness (QED) is 0.843. The molecule has 0 bridgehead atoms. The van der Waals surface area contributed by atoms with Crippen LogP contribution in [0.1, 0.15) is 31.4 Å². The van der Waals surface area contributed by atoms with E-state index in [1.165, 1.54) is 0 Å². The number of hydrogen-bond acceptors (Lipinski definition) is 5. The van der Waals surface area contributed by atoms with Crippen molar-refractivity contribution < 1.29 is 24.1 Å². The zero-order chi connectivity index (χ0) is 15.0. The number of rotatable bonds is 3. The van der Waals surface area contributed by atoms with Crippen molar-refractivity contribution in [2.75, 3.05) is 19.8 Å². The SMILES string of the molecule is CCOC(=O)C(O)c1cc(Br)c2c(c1)OCC1(CC1)CO2. The van der Waals surface area contributed by atoms with E-state index in [9.17, 15) is 9.90 Å². The molecule has 6 heteroatoms. The van der Waals surface area contributed by atoms with E-state index >= 15 is 0 Å². The molecule has 21 heavy (non-hydrogen) atoms. The van der Waals surface area contributed by atoms with Gasteiger partial charge in [-0.15, -0.1) is 0 Å². The fourth-order valence-electron chi connectivity index (χ4n) is 2.31. The van der Waals surface area contributed by atoms with Crippen LogP contribution in [0.4, 0.5) is 0 Å². The van der Waals surface area contributed by atoms with Gasteiger partial charge in [0, 0.05) is 5.41 Å². The third-order valence-corrected chi connectivity index (χ3v) is 4.46. The van der Waals surface area contributed by atoms with Crippen LogP contribution < -0.4 is 9.47 Å². The standard InChI is InChI=1S/C15H17BrO5/c1-2-19-14(18)12(17)9-5-10(16)13-11(6-9)20-7-15(3-4-15)8-21-13/h5-6,12,17H,2-4,7-8H2,1H3. The largest absolute Gasteiger partial charge is 0.489 e. The molecule has 1 aromatic rings. The summed E-state index contributed by atoms with van der Waals surface area (Å²) in [6.45, 7) is 3.16. The van der Waals surface area contributed by atoms with E-state index in [0.29, 0.717) is 34.7 Å². The van der Waals surface area contributed by atoms with Gasteiger partial charge in [0.05, 0.1) is 24.3 Å². The molecular weight excluding hydrogens is 340 g/mol. The van der Waals surface area contributed by atoms with Crippen LogP contribution in [0.3, 0.4) is 0 Å². The van der Waals surface area contributed by atoms with E-state index in [-0.39, 0.29) is 12.0 Å². The zero-order valence-corrected chi connectivity index (χ0v) is 13.3. The molecule has 1 heterocycles. The molecule has 1 spiro atoms. The topological polar surface area (TPSA) is 65.0 Å². The van der Waals surface area contributed by atoms with Crippen LogP contribution in [0.2, 0.25) is 0 Å². The fraction of sp³-hybridized carbons (Fsp3) is 0.533. The third kappa shape index (κ3) is 2.87. The van der Waals surface area contributed by atoms with Crippen LogP contribution in [-0.4, -0.2) is 30.9 Å². The number of carbonyl (C=O) groups excluding carboxylic acids is 1. The van der Waals surface area contributed by atoms with Crippen LogP contribution in [0.5, 0.6) is 11.5 Å². The maximum absolute atomic E-state index is 11.6. The fourth-order valence-corrected chi connectivity index (χ4v) is 2.89. The van der Waals surface area contributed by atoms with Crippen LogP contribution in [-0.2, 0) is 9.53 Å². The van der Waals surface area contributed by atoms with Gasteiger partial charge >= 0.3 is 5.97 Å². The Kier molecular flexibility index (Phi) is 3.84. The molecule has 1 fully saturated rings. The Morgan fingerprint density at radius 2 is 2.14 bits per heavy atom. The molecule has 0 saturated heterocycles. The minimum Gasteiger partial charge on any atom is -0.489 e. The Hall–Kier alpha value is -1.27. The van der Waals surface area contributed by atoms with Crippen LogP contribution in [0.25, 0.3) is 0 Å². The number of aliphatic hydroxyl groups excluding tert-OH is 1. The predicted molar refractivity (Wildman–Crippen MR) is 78.4 cm³/mol. The normalized spacial score (nSPS) is 19.8. The molecule has 2 aliphatic rings. The van der Waals surface area contributed by atoms with Crippen molar-refractivity contribution >= 4 is 21.9 Å². The van der Waals surface area contributed by atoms with E-state index < -0.39 is 12.1 Å². The van der Waals surface area contributed by atoms with Crippen molar-refractivity contribution in [3.05, 3.63) is 22.2 Å². The summed E-state index contributed by atoms with van der Waals surface area (Å²) in [5, 5.41) is 10.0. The number of ether oxygens (including phenoxy) is 3. The van der Waals surface area contributed by atoms with Crippen molar-refractivity contribution in [2.24, 2.45) is 5.41 Å². The summed E-state index contributed by atoms with van der Waals surface area (Å²) in [6.07, 6.45) is 0.890. The van der Waals surface area contributed by atoms with Gasteiger partial charge in [-0.05, 0) is 53.4 Å². The van der Waals surface area contributed by atoms with E-state index in [4.69, 9.17) is 14.2 Å². The van der Waals surface area contributed by atoms with Gasteiger partial charge < -0.3 is 19.3 Å². The number of esters is 1. The molecule has 1 N–H and O–H groups in total. The van der Waals surface area contributed by atoms with Crippen molar-refractivity contribution in [3.63, 3.8) is 0 Å². The average Bonchev–Trinajstić information content (AvgIpc) is 3.26. The van der Waals surface area contributed by atoms with Crippen molar-refractivity contribution in [1.82, 2.24) is 0 Å². The number of fused-ring (bicyclic) bond motifs is 1. The lowest BCUT2D eigenvalue weighted by molar-refractivity contribution is -0.153. The molecule has 1 aliphatic heterocycles. The number of aliphatic hydroxyl groups is 1. The second-order valence-electron chi connectivity index (χ2n) is 5.56. The summed E-state index contributed by atoms with van der Waals surface area (Å²) >= 11 is 3.41. The Bertz CT molecular complexity index is 567. The number of hydrogen-bond donors (Lipinski definition) is 1. The highest BCUT2D eigenvalue weighted by atomic mass is 79.9. The average molecular weight is 357 g/mol. The van der Waals surface area contributed by atoms with Gasteiger partial charge in [0.1, 0.15) is 0 Å². The first-order valence-corrected chi connectivity index (χ1v) is 7.78. The molecule has 0 radical (unpaired) electrons. The number of benzene rings is 1. The molecular formula is C15H17BrO5. The van der Waals surface area contributed by atoms with Crippen molar-refractivity contribution in [3.8, 4) is 11.5 Å². The third-order valence-electron chi connectivity index (χ3n) is 3.87. The van der Waals surface area contributed by atoms with Gasteiger partial charge in [-0.2, -0.15) is 0 Å². The molecule has 1 aromatic carbocycles. The molecule has 3 rings (SSSR count). The van der Waals surface area contributed by atoms with Crippen LogP contribution in [0, 0.1) is 5.41 Å². The Morgan fingerprint density at radius 1 is 1.43 bits per heavy atom. The first kappa shape index (κ1) is 14.7. The number of halogens is 1. The summed E-state index contributed by atoms with van der Waals surface area (Å²) in [7, 11) is 0. The highest BCUT2D eigenvalue weighted by molar-refractivity contribution is 9.10. The second-order valence-corrected chi connectivity index (χ2v) is 6.42. The van der Waals surface area contributed by atoms with Crippen molar-refractivity contribution in [1.29, 1.82) is 0 Å². The van der Waals surface area contributed by atoms with E-state index in [2.05, 4.69) is 15.9 Å². The minimum atomic E-state index is -1.33. The lowest BCUT2D eigenvalue weighted by Gasteiger charge is -2.14. The predicted octanol–water partition coefficient (Wildman–Crippen LogP) is 2.60. The highest BCUT2D eigenvalue weighted by Gasteiger charge is 2.46. The van der Waals surface area contributed by atoms with Crippen LogP contribution >= 0.6 is 15.9 Å². The summed E-state index contributed by atoms with van der Waals surface area (Å²) in [6, 6.07) is 3.30. The van der Waals surface area contributed by atoms with Crippen molar-refractivity contribution in [2.45, 2.75) is 25.9 Å². The van der Waals surface area contributed by atoms with Gasteiger partial charge in [0.15, 0.2) is 17.6 Å². The van der Waals surface area contributed by atoms with Gasteiger partial charge in [-0.25, -0.2) is 4.79 Å². The Balaban J connectivity index is 1.87. The van der Waals surface area contributed by atoms with E-state index in [1.54, 1.807) is 19.1 Å².